The first kappa shape index (κ1) is 18.1. The van der Waals surface area contributed by atoms with E-state index in [1.807, 2.05) is 26.0 Å². The number of halogens is 1. The normalized spacial score (nSPS) is 34.5. The van der Waals surface area contributed by atoms with Crippen LogP contribution in [0.5, 0.6) is 0 Å². The SMILES string of the molecule is Cc1c(Br)ccc(NC(=O)CCN2C(=O)[C@@H]3[C@H]4C=C[C@H]([C@H]5C[C@H]45)[C@@H]3C2=O)c1C. The lowest BCUT2D eigenvalue weighted by atomic mass is 9.63. The van der Waals surface area contributed by atoms with Gasteiger partial charge >= 0.3 is 0 Å². The summed E-state index contributed by atoms with van der Waals surface area (Å²) in [6.07, 6.45) is 5.62. The highest BCUT2D eigenvalue weighted by Gasteiger charge is 2.66. The van der Waals surface area contributed by atoms with Crippen molar-refractivity contribution in [2.75, 3.05) is 11.9 Å². The molecule has 1 aromatic carbocycles. The summed E-state index contributed by atoms with van der Waals surface area (Å²) >= 11 is 3.49. The quantitative estimate of drug-likeness (QED) is 0.573. The minimum atomic E-state index is -0.189. The molecule has 1 aromatic rings. The number of amides is 3. The highest BCUT2D eigenvalue weighted by Crippen LogP contribution is 2.65. The van der Waals surface area contributed by atoms with Gasteiger partial charge in [0.25, 0.3) is 0 Å². The molecule has 2 bridgehead atoms. The van der Waals surface area contributed by atoms with Gasteiger partial charge in [0.05, 0.1) is 11.8 Å². The van der Waals surface area contributed by atoms with Gasteiger partial charge in [0.1, 0.15) is 0 Å². The smallest absolute Gasteiger partial charge is 0.233 e. The minimum absolute atomic E-state index is 0.0665. The molecule has 6 atom stereocenters. The molecule has 2 saturated carbocycles. The molecule has 28 heavy (non-hydrogen) atoms. The van der Waals surface area contributed by atoms with Gasteiger partial charge in [0.2, 0.25) is 17.7 Å². The van der Waals surface area contributed by atoms with Gasteiger partial charge in [0.15, 0.2) is 0 Å². The second-order valence-corrected chi connectivity index (χ2v) is 9.48. The van der Waals surface area contributed by atoms with Crippen LogP contribution < -0.4 is 5.32 Å². The van der Waals surface area contributed by atoms with Crippen LogP contribution in [0.4, 0.5) is 5.69 Å². The number of imide groups is 1. The number of hydrogen-bond donors (Lipinski definition) is 1. The molecule has 5 nitrogen and oxygen atoms in total. The molecule has 4 aliphatic carbocycles. The average Bonchev–Trinajstić information content (AvgIpc) is 3.46. The summed E-state index contributed by atoms with van der Waals surface area (Å²) in [4.78, 5) is 39.7. The fraction of sp³-hybridized carbons (Fsp3) is 0.500. The third-order valence-electron chi connectivity index (χ3n) is 7.31. The predicted octanol–water partition coefficient (Wildman–Crippen LogP) is 3.45. The molecule has 1 heterocycles. The maximum Gasteiger partial charge on any atom is 0.233 e. The van der Waals surface area contributed by atoms with E-state index in [0.29, 0.717) is 11.8 Å². The van der Waals surface area contributed by atoms with E-state index in [0.717, 1.165) is 27.7 Å². The predicted molar refractivity (Wildman–Crippen MR) is 108 cm³/mol. The van der Waals surface area contributed by atoms with E-state index < -0.39 is 0 Å². The summed E-state index contributed by atoms with van der Waals surface area (Å²) in [5.41, 5.74) is 2.85. The van der Waals surface area contributed by atoms with Crippen LogP contribution in [0.25, 0.3) is 0 Å². The fourth-order valence-corrected chi connectivity index (χ4v) is 6.02. The maximum absolute atomic E-state index is 12.9. The van der Waals surface area contributed by atoms with Gasteiger partial charge in [-0.3, -0.25) is 19.3 Å². The van der Waals surface area contributed by atoms with Crippen molar-refractivity contribution in [3.8, 4) is 0 Å². The number of nitrogens with one attached hydrogen (secondary N) is 1. The van der Waals surface area contributed by atoms with E-state index in [4.69, 9.17) is 0 Å². The van der Waals surface area contributed by atoms with Gasteiger partial charge in [-0.2, -0.15) is 0 Å². The van der Waals surface area contributed by atoms with Crippen molar-refractivity contribution < 1.29 is 14.4 Å². The Hall–Kier alpha value is -1.95. The topological polar surface area (TPSA) is 66.5 Å². The third-order valence-corrected chi connectivity index (χ3v) is 8.17. The van der Waals surface area contributed by atoms with E-state index in [1.165, 1.54) is 4.90 Å². The molecule has 0 spiro atoms. The van der Waals surface area contributed by atoms with Gasteiger partial charge in [-0.25, -0.2) is 0 Å². The van der Waals surface area contributed by atoms with Gasteiger partial charge in [-0.1, -0.05) is 28.1 Å². The molecule has 6 rings (SSSR count). The van der Waals surface area contributed by atoms with Gasteiger partial charge in [0, 0.05) is 23.1 Å². The molecule has 3 fully saturated rings. The highest BCUT2D eigenvalue weighted by atomic mass is 79.9. The Balaban J connectivity index is 1.25. The maximum atomic E-state index is 12.9. The number of likely N-dealkylation sites (tertiary alicyclic amines) is 1. The second kappa shape index (κ2) is 6.28. The van der Waals surface area contributed by atoms with Crippen molar-refractivity contribution in [2.24, 2.45) is 35.5 Å². The van der Waals surface area contributed by atoms with E-state index in [1.54, 1.807) is 0 Å². The van der Waals surface area contributed by atoms with Gasteiger partial charge in [-0.05, 0) is 67.2 Å². The van der Waals surface area contributed by atoms with Crippen LogP contribution in [0.1, 0.15) is 24.0 Å². The number of carbonyl (C=O) groups excluding carboxylic acids is 3. The fourth-order valence-electron chi connectivity index (χ4n) is 5.59. The number of nitrogens with zero attached hydrogens (tertiary/aromatic N) is 1. The van der Waals surface area contributed by atoms with Crippen molar-refractivity contribution in [3.05, 3.63) is 39.9 Å². The molecule has 1 N–H and O–H groups in total. The van der Waals surface area contributed by atoms with Crippen LogP contribution in [0.2, 0.25) is 0 Å². The van der Waals surface area contributed by atoms with Crippen LogP contribution in [-0.4, -0.2) is 29.2 Å². The zero-order valence-electron chi connectivity index (χ0n) is 15.9. The largest absolute Gasteiger partial charge is 0.326 e. The van der Waals surface area contributed by atoms with Crippen LogP contribution in [0.3, 0.4) is 0 Å². The average molecular weight is 443 g/mol. The Morgan fingerprint density at radius 3 is 2.29 bits per heavy atom. The molecule has 1 saturated heterocycles. The highest BCUT2D eigenvalue weighted by molar-refractivity contribution is 9.10. The Morgan fingerprint density at radius 2 is 1.68 bits per heavy atom. The molecule has 146 valence electrons. The number of benzene rings is 1. The molecule has 1 aliphatic heterocycles. The van der Waals surface area contributed by atoms with Crippen LogP contribution >= 0.6 is 15.9 Å². The molecular formula is C22H23BrN2O3. The van der Waals surface area contributed by atoms with Crippen molar-refractivity contribution in [2.45, 2.75) is 26.7 Å². The molecule has 0 unspecified atom stereocenters. The number of anilines is 1. The second-order valence-electron chi connectivity index (χ2n) is 8.63. The number of allylic oxidation sites excluding steroid dienone is 2. The van der Waals surface area contributed by atoms with Crippen LogP contribution in [0, 0.1) is 49.4 Å². The first-order valence-electron chi connectivity index (χ1n) is 9.97. The summed E-state index contributed by atoms with van der Waals surface area (Å²) in [5.74, 6) is 0.957. The first-order chi connectivity index (χ1) is 13.4. The summed E-state index contributed by atoms with van der Waals surface area (Å²) < 4.78 is 1.00. The van der Waals surface area contributed by atoms with E-state index in [9.17, 15) is 14.4 Å². The van der Waals surface area contributed by atoms with Crippen molar-refractivity contribution in [3.63, 3.8) is 0 Å². The lowest BCUT2D eigenvalue weighted by Gasteiger charge is -2.37. The summed E-state index contributed by atoms with van der Waals surface area (Å²) in [6.45, 7) is 4.12. The Kier molecular flexibility index (Phi) is 4.06. The summed E-state index contributed by atoms with van der Waals surface area (Å²) in [6, 6.07) is 3.77. The molecule has 0 radical (unpaired) electrons. The Bertz CT molecular complexity index is 904. The minimum Gasteiger partial charge on any atom is -0.326 e. The molecule has 6 heteroatoms. The van der Waals surface area contributed by atoms with Crippen molar-refractivity contribution in [1.82, 2.24) is 4.90 Å². The lowest BCUT2D eigenvalue weighted by molar-refractivity contribution is -0.140. The van der Waals surface area contributed by atoms with E-state index >= 15 is 0 Å². The zero-order chi connectivity index (χ0) is 19.7. The lowest BCUT2D eigenvalue weighted by Crippen LogP contribution is -2.40. The first-order valence-corrected chi connectivity index (χ1v) is 10.8. The molecular weight excluding hydrogens is 420 g/mol. The number of hydrogen-bond acceptors (Lipinski definition) is 3. The molecule has 3 amide bonds. The van der Waals surface area contributed by atoms with Gasteiger partial charge < -0.3 is 5.32 Å². The molecule has 0 aromatic heterocycles. The van der Waals surface area contributed by atoms with Crippen molar-refractivity contribution in [1.29, 1.82) is 0 Å². The van der Waals surface area contributed by atoms with E-state index in [2.05, 4.69) is 33.4 Å². The van der Waals surface area contributed by atoms with Crippen LogP contribution in [-0.2, 0) is 14.4 Å². The summed E-state index contributed by atoms with van der Waals surface area (Å²) in [7, 11) is 0. The van der Waals surface area contributed by atoms with Gasteiger partial charge in [-0.15, -0.1) is 0 Å². The Morgan fingerprint density at radius 1 is 1.07 bits per heavy atom. The number of carbonyl (C=O) groups is 3. The standard InChI is InChI=1S/C22H23BrN2O3/c1-10-11(2)17(6-5-16(10)23)24-18(26)7-8-25-21(27)19-12-3-4-13(15-9-14(12)15)20(19)22(25)28/h3-6,12-15,19-20H,7-9H2,1-2H3,(H,24,26)/t12-,13+,14-,15-,19+,20-/m1/s1. The summed E-state index contributed by atoms with van der Waals surface area (Å²) in [5, 5.41) is 2.92. The third kappa shape index (κ3) is 2.53. The Labute approximate surface area is 172 Å². The zero-order valence-corrected chi connectivity index (χ0v) is 17.5. The molecule has 5 aliphatic rings. The monoisotopic (exact) mass is 442 g/mol. The van der Waals surface area contributed by atoms with E-state index in [-0.39, 0.29) is 54.4 Å². The number of rotatable bonds is 4. The van der Waals surface area contributed by atoms with Crippen molar-refractivity contribution >= 4 is 39.3 Å². The van der Waals surface area contributed by atoms with Crippen LogP contribution in [0.15, 0.2) is 28.8 Å².